The van der Waals surface area contributed by atoms with E-state index < -0.39 is 0 Å². The molecule has 0 atom stereocenters. The van der Waals surface area contributed by atoms with E-state index in [1.807, 2.05) is 48.7 Å². The second-order valence-electron chi connectivity index (χ2n) is 5.15. The molecule has 0 unspecified atom stereocenters. The summed E-state index contributed by atoms with van der Waals surface area (Å²) in [6, 6.07) is 13.9. The third-order valence-electron chi connectivity index (χ3n) is 3.39. The lowest BCUT2D eigenvalue weighted by atomic mass is 10.1. The number of hydrogen-bond acceptors (Lipinski definition) is 3. The Balaban J connectivity index is 1.82. The van der Waals surface area contributed by atoms with Gasteiger partial charge in [-0.2, -0.15) is 0 Å². The van der Waals surface area contributed by atoms with Crippen molar-refractivity contribution in [2.45, 2.75) is 19.4 Å². The molecule has 0 aliphatic rings. The van der Waals surface area contributed by atoms with Crippen LogP contribution in [-0.4, -0.2) is 27.5 Å². The monoisotopic (exact) mass is 327 g/mol. The lowest BCUT2D eigenvalue weighted by Gasteiger charge is -2.24. The Hall–Kier alpha value is -2.47. The second kappa shape index (κ2) is 8.85. The molecule has 1 aromatic heterocycles. The first-order chi connectivity index (χ1) is 11.2. The maximum Gasteiger partial charge on any atom is 0.194 e. The highest BCUT2D eigenvalue weighted by atomic mass is 32.1. The molecule has 0 fully saturated rings. The Labute approximate surface area is 142 Å². The van der Waals surface area contributed by atoms with Crippen LogP contribution in [0.2, 0.25) is 0 Å². The molecule has 120 valence electrons. The standard InChI is InChI=1S/C17H21N5S/c18-16(19)22(11-5-9-14-8-4-10-20-12-14)17(23)21-13-15-6-2-1-3-7-15/h1-4,6-8,10,12H,5,9,11,13H2,(H3,18,19)(H,21,23). The van der Waals surface area contributed by atoms with Crippen LogP contribution in [0.25, 0.3) is 0 Å². The third-order valence-corrected chi connectivity index (χ3v) is 3.76. The highest BCUT2D eigenvalue weighted by Gasteiger charge is 2.12. The van der Waals surface area contributed by atoms with E-state index in [0.717, 1.165) is 18.4 Å². The number of nitrogens with two attached hydrogens (primary N) is 1. The molecule has 4 N–H and O–H groups in total. The van der Waals surface area contributed by atoms with Crippen LogP contribution in [0.4, 0.5) is 0 Å². The van der Waals surface area contributed by atoms with Gasteiger partial charge in [-0.25, -0.2) is 0 Å². The quantitative estimate of drug-likeness (QED) is 0.431. The Kier molecular flexibility index (Phi) is 6.50. The van der Waals surface area contributed by atoms with E-state index in [4.69, 9.17) is 23.4 Å². The highest BCUT2D eigenvalue weighted by Crippen LogP contribution is 2.03. The van der Waals surface area contributed by atoms with Gasteiger partial charge in [0.1, 0.15) is 0 Å². The third kappa shape index (κ3) is 5.67. The molecular formula is C17H21N5S. The van der Waals surface area contributed by atoms with Gasteiger partial charge in [0.2, 0.25) is 0 Å². The fourth-order valence-corrected chi connectivity index (χ4v) is 2.45. The number of benzene rings is 1. The topological polar surface area (TPSA) is 78.0 Å². The summed E-state index contributed by atoms with van der Waals surface area (Å²) in [5, 5.41) is 11.3. The maximum atomic E-state index is 7.71. The van der Waals surface area contributed by atoms with Crippen LogP contribution in [0.3, 0.4) is 0 Å². The van der Waals surface area contributed by atoms with Crippen molar-refractivity contribution in [2.75, 3.05) is 6.54 Å². The largest absolute Gasteiger partial charge is 0.370 e. The molecule has 0 saturated heterocycles. The first-order valence-corrected chi connectivity index (χ1v) is 7.90. The molecule has 0 radical (unpaired) electrons. The Bertz CT molecular complexity index is 630. The predicted molar refractivity (Wildman–Crippen MR) is 97.1 cm³/mol. The SMILES string of the molecule is N=C(N)N(CCCc1cccnc1)C(=S)NCc1ccccc1. The molecule has 0 aliphatic carbocycles. The molecule has 0 spiro atoms. The van der Waals surface area contributed by atoms with E-state index in [1.165, 1.54) is 5.56 Å². The van der Waals surface area contributed by atoms with Crippen molar-refractivity contribution < 1.29 is 0 Å². The van der Waals surface area contributed by atoms with Crippen LogP contribution >= 0.6 is 12.2 Å². The molecule has 0 saturated carbocycles. The van der Waals surface area contributed by atoms with Crippen LogP contribution in [0, 0.1) is 5.41 Å². The summed E-state index contributed by atoms with van der Waals surface area (Å²) < 4.78 is 0. The van der Waals surface area contributed by atoms with Crippen LogP contribution in [0.1, 0.15) is 17.5 Å². The van der Waals surface area contributed by atoms with Crippen molar-refractivity contribution in [1.82, 2.24) is 15.2 Å². The van der Waals surface area contributed by atoms with Gasteiger partial charge in [0.05, 0.1) is 0 Å². The Morgan fingerprint density at radius 1 is 1.17 bits per heavy atom. The Morgan fingerprint density at radius 2 is 1.91 bits per heavy atom. The number of hydrogen-bond donors (Lipinski definition) is 3. The molecule has 2 aromatic rings. The number of nitrogens with one attached hydrogen (secondary N) is 2. The van der Waals surface area contributed by atoms with Crippen LogP contribution in [0.15, 0.2) is 54.9 Å². The summed E-state index contributed by atoms with van der Waals surface area (Å²) in [6.07, 6.45) is 5.33. The molecule has 6 heteroatoms. The molecule has 0 bridgehead atoms. The van der Waals surface area contributed by atoms with Gasteiger partial charge in [0.15, 0.2) is 11.1 Å². The van der Waals surface area contributed by atoms with E-state index in [1.54, 1.807) is 11.1 Å². The zero-order chi connectivity index (χ0) is 16.5. The average molecular weight is 327 g/mol. The van der Waals surface area contributed by atoms with E-state index >= 15 is 0 Å². The fraction of sp³-hybridized carbons (Fsp3) is 0.235. The van der Waals surface area contributed by atoms with Crippen molar-refractivity contribution in [3.63, 3.8) is 0 Å². The highest BCUT2D eigenvalue weighted by molar-refractivity contribution is 7.80. The fourth-order valence-electron chi connectivity index (χ4n) is 2.19. The van der Waals surface area contributed by atoms with E-state index in [2.05, 4.69) is 10.3 Å². The van der Waals surface area contributed by atoms with Gasteiger partial charge in [0, 0.05) is 25.5 Å². The molecule has 1 aromatic carbocycles. The van der Waals surface area contributed by atoms with Gasteiger partial charge in [-0.1, -0.05) is 36.4 Å². The van der Waals surface area contributed by atoms with Crippen molar-refractivity contribution in [3.05, 3.63) is 66.0 Å². The molecule has 0 aliphatic heterocycles. The van der Waals surface area contributed by atoms with Crippen LogP contribution < -0.4 is 11.1 Å². The Morgan fingerprint density at radius 3 is 2.57 bits per heavy atom. The van der Waals surface area contributed by atoms with Crippen molar-refractivity contribution >= 4 is 23.3 Å². The van der Waals surface area contributed by atoms with Crippen molar-refractivity contribution in [1.29, 1.82) is 5.41 Å². The van der Waals surface area contributed by atoms with Gasteiger partial charge in [-0.05, 0) is 42.3 Å². The number of guanidine groups is 1. The normalized spacial score (nSPS) is 10.1. The zero-order valence-electron chi connectivity index (χ0n) is 12.9. The van der Waals surface area contributed by atoms with Gasteiger partial charge in [-0.3, -0.25) is 15.3 Å². The number of rotatable bonds is 6. The number of aryl methyl sites for hydroxylation is 1. The average Bonchev–Trinajstić information content (AvgIpc) is 2.58. The number of nitrogens with zero attached hydrogens (tertiary/aromatic N) is 2. The molecule has 5 nitrogen and oxygen atoms in total. The summed E-state index contributed by atoms with van der Waals surface area (Å²) in [7, 11) is 0. The van der Waals surface area contributed by atoms with Gasteiger partial charge < -0.3 is 11.1 Å². The van der Waals surface area contributed by atoms with Gasteiger partial charge >= 0.3 is 0 Å². The number of thiocarbonyl (C=S) groups is 1. The van der Waals surface area contributed by atoms with E-state index in [-0.39, 0.29) is 5.96 Å². The zero-order valence-corrected chi connectivity index (χ0v) is 13.7. The minimum absolute atomic E-state index is 0.0400. The molecule has 2 rings (SSSR count). The van der Waals surface area contributed by atoms with Crippen molar-refractivity contribution in [2.24, 2.45) is 5.73 Å². The van der Waals surface area contributed by atoms with Gasteiger partial charge in [-0.15, -0.1) is 0 Å². The summed E-state index contributed by atoms with van der Waals surface area (Å²) >= 11 is 5.36. The molecular weight excluding hydrogens is 306 g/mol. The van der Waals surface area contributed by atoms with Crippen molar-refractivity contribution in [3.8, 4) is 0 Å². The van der Waals surface area contributed by atoms with E-state index in [0.29, 0.717) is 18.2 Å². The molecule has 1 heterocycles. The van der Waals surface area contributed by atoms with Crippen LogP contribution in [-0.2, 0) is 13.0 Å². The number of pyridine rings is 1. The molecule has 0 amide bonds. The predicted octanol–water partition coefficient (Wildman–Crippen LogP) is 2.28. The summed E-state index contributed by atoms with van der Waals surface area (Å²) in [6.45, 7) is 1.22. The first kappa shape index (κ1) is 16.9. The maximum absolute atomic E-state index is 7.71. The first-order valence-electron chi connectivity index (χ1n) is 7.49. The molecule has 23 heavy (non-hydrogen) atoms. The van der Waals surface area contributed by atoms with E-state index in [9.17, 15) is 0 Å². The summed E-state index contributed by atoms with van der Waals surface area (Å²) in [5.41, 5.74) is 7.95. The lowest BCUT2D eigenvalue weighted by Crippen LogP contribution is -2.47. The summed E-state index contributed by atoms with van der Waals surface area (Å²) in [5.74, 6) is -0.0400. The minimum atomic E-state index is -0.0400. The smallest absolute Gasteiger partial charge is 0.194 e. The summed E-state index contributed by atoms with van der Waals surface area (Å²) in [4.78, 5) is 5.72. The lowest BCUT2D eigenvalue weighted by molar-refractivity contribution is 0.552. The minimum Gasteiger partial charge on any atom is -0.370 e. The number of aromatic nitrogens is 1. The second-order valence-corrected chi connectivity index (χ2v) is 5.53. The van der Waals surface area contributed by atoms with Crippen LogP contribution in [0.5, 0.6) is 0 Å². The van der Waals surface area contributed by atoms with Gasteiger partial charge in [0.25, 0.3) is 0 Å².